The second kappa shape index (κ2) is 11.2. The van der Waals surface area contributed by atoms with Gasteiger partial charge in [0.1, 0.15) is 0 Å². The molecule has 8 aromatic carbocycles. The predicted molar refractivity (Wildman–Crippen MR) is 207 cm³/mol. The van der Waals surface area contributed by atoms with Crippen molar-refractivity contribution in [2.24, 2.45) is 0 Å². The first-order chi connectivity index (χ1) is 24.3. The van der Waals surface area contributed by atoms with Crippen LogP contribution in [0.5, 0.6) is 0 Å². The van der Waals surface area contributed by atoms with Gasteiger partial charge in [0, 0.05) is 42.2 Å². The number of fused-ring (bicyclic) bond motifs is 10. The summed E-state index contributed by atoms with van der Waals surface area (Å²) in [6, 6.07) is 57.9. The van der Waals surface area contributed by atoms with Crippen LogP contribution in [0.1, 0.15) is 0 Å². The molecule has 0 radical (unpaired) electrons. The summed E-state index contributed by atoms with van der Waals surface area (Å²) in [6.07, 6.45) is 0. The summed E-state index contributed by atoms with van der Waals surface area (Å²) < 4.78 is 2.64. The van der Waals surface area contributed by atoms with Crippen molar-refractivity contribution >= 4 is 63.8 Å². The topological polar surface area (TPSA) is 38.7 Å². The van der Waals surface area contributed by atoms with Gasteiger partial charge in [-0.1, -0.05) is 164 Å². The monoisotopic (exact) mass is 641 g/mol. The molecular formula is C45H27N3S. The van der Waals surface area contributed by atoms with Crippen molar-refractivity contribution < 1.29 is 0 Å². The van der Waals surface area contributed by atoms with Crippen LogP contribution in [0.25, 0.3) is 97.8 Å². The Morgan fingerprint density at radius 1 is 0.286 bits per heavy atom. The Bertz CT molecular complexity index is 2770. The molecule has 0 N–H and O–H groups in total. The van der Waals surface area contributed by atoms with Crippen molar-refractivity contribution in [3.8, 4) is 45.3 Å². The molecular weight excluding hydrogens is 615 g/mol. The molecule has 0 bridgehead atoms. The Balaban J connectivity index is 1.13. The minimum Gasteiger partial charge on any atom is -0.208 e. The highest BCUT2D eigenvalue weighted by atomic mass is 32.1. The number of nitrogens with zero attached hydrogens (tertiary/aromatic N) is 3. The fraction of sp³-hybridized carbons (Fsp3) is 0. The third-order valence-corrected chi connectivity index (χ3v) is 10.8. The van der Waals surface area contributed by atoms with E-state index in [1.165, 1.54) is 63.6 Å². The molecule has 0 amide bonds. The van der Waals surface area contributed by atoms with Gasteiger partial charge in [-0.05, 0) is 38.1 Å². The molecule has 10 rings (SSSR count). The van der Waals surface area contributed by atoms with E-state index in [0.717, 1.165) is 16.7 Å². The first-order valence-corrected chi connectivity index (χ1v) is 17.3. The van der Waals surface area contributed by atoms with Crippen molar-refractivity contribution in [3.63, 3.8) is 0 Å². The van der Waals surface area contributed by atoms with Crippen molar-refractivity contribution in [1.29, 1.82) is 0 Å². The van der Waals surface area contributed by atoms with E-state index in [4.69, 9.17) is 15.0 Å². The molecule has 0 unspecified atom stereocenters. The largest absolute Gasteiger partial charge is 0.208 e. The summed E-state index contributed by atoms with van der Waals surface area (Å²) in [5, 5.41) is 10.5. The average molecular weight is 642 g/mol. The molecule has 0 spiro atoms. The summed E-state index contributed by atoms with van der Waals surface area (Å²) in [6.45, 7) is 0. The minimum absolute atomic E-state index is 0.657. The lowest BCUT2D eigenvalue weighted by Crippen LogP contribution is -2.00. The van der Waals surface area contributed by atoms with Gasteiger partial charge >= 0.3 is 0 Å². The smallest absolute Gasteiger partial charge is 0.164 e. The van der Waals surface area contributed by atoms with Crippen LogP contribution in [0.3, 0.4) is 0 Å². The molecule has 0 aliphatic rings. The van der Waals surface area contributed by atoms with Crippen LogP contribution < -0.4 is 0 Å². The van der Waals surface area contributed by atoms with E-state index in [1.54, 1.807) is 0 Å². The van der Waals surface area contributed by atoms with Crippen LogP contribution in [0.2, 0.25) is 0 Å². The van der Waals surface area contributed by atoms with Crippen LogP contribution in [0, 0.1) is 0 Å². The molecule has 0 aliphatic carbocycles. The van der Waals surface area contributed by atoms with Gasteiger partial charge in [-0.3, -0.25) is 0 Å². The van der Waals surface area contributed by atoms with E-state index < -0.39 is 0 Å². The maximum Gasteiger partial charge on any atom is 0.164 e. The van der Waals surface area contributed by atoms with Crippen molar-refractivity contribution in [1.82, 2.24) is 15.0 Å². The zero-order valence-electron chi connectivity index (χ0n) is 26.3. The molecule has 3 nitrogen and oxygen atoms in total. The average Bonchev–Trinajstić information content (AvgIpc) is 3.58. The standard InChI is InChI=1S/C45H27N3S/c1-3-12-29(13-4-1)43-46-44(30-14-5-2-6-15-30)48-45(47-43)31-24-22-28(23-25-31)32-20-11-21-38-39-27-26-37-35-18-8-7-16-33(35)34-17-9-10-19-36(34)40(37)42(39)49-41(32)38/h1-27H. The third-order valence-electron chi connectivity index (χ3n) is 9.52. The summed E-state index contributed by atoms with van der Waals surface area (Å²) in [4.78, 5) is 14.7. The lowest BCUT2D eigenvalue weighted by Gasteiger charge is -2.11. The van der Waals surface area contributed by atoms with Crippen molar-refractivity contribution in [2.45, 2.75) is 0 Å². The maximum atomic E-state index is 4.94. The molecule has 0 saturated heterocycles. The van der Waals surface area contributed by atoms with Crippen LogP contribution in [0.4, 0.5) is 0 Å². The Labute approximate surface area is 286 Å². The van der Waals surface area contributed by atoms with Crippen LogP contribution >= 0.6 is 11.3 Å². The van der Waals surface area contributed by atoms with E-state index in [-0.39, 0.29) is 0 Å². The quantitative estimate of drug-likeness (QED) is 0.180. The Morgan fingerprint density at radius 2 is 0.694 bits per heavy atom. The van der Waals surface area contributed by atoms with E-state index in [0.29, 0.717) is 17.5 Å². The fourth-order valence-electron chi connectivity index (χ4n) is 7.21. The van der Waals surface area contributed by atoms with E-state index in [1.807, 2.05) is 72.0 Å². The van der Waals surface area contributed by atoms with Gasteiger partial charge in [0.2, 0.25) is 0 Å². The van der Waals surface area contributed by atoms with Gasteiger partial charge in [-0.25, -0.2) is 15.0 Å². The summed E-state index contributed by atoms with van der Waals surface area (Å²) in [7, 11) is 0. The van der Waals surface area contributed by atoms with E-state index >= 15 is 0 Å². The highest BCUT2D eigenvalue weighted by Gasteiger charge is 2.17. The predicted octanol–water partition coefficient (Wildman–Crippen LogP) is 12.4. The first kappa shape index (κ1) is 27.8. The number of thiophene rings is 1. The van der Waals surface area contributed by atoms with Gasteiger partial charge in [0.15, 0.2) is 17.5 Å². The van der Waals surface area contributed by atoms with E-state index in [9.17, 15) is 0 Å². The highest BCUT2D eigenvalue weighted by molar-refractivity contribution is 7.27. The zero-order chi connectivity index (χ0) is 32.3. The number of hydrogen-bond donors (Lipinski definition) is 0. The van der Waals surface area contributed by atoms with Crippen molar-refractivity contribution in [2.75, 3.05) is 0 Å². The Morgan fingerprint density at radius 3 is 1.29 bits per heavy atom. The number of benzene rings is 8. The van der Waals surface area contributed by atoms with Gasteiger partial charge < -0.3 is 0 Å². The van der Waals surface area contributed by atoms with Gasteiger partial charge in [0.05, 0.1) is 0 Å². The van der Waals surface area contributed by atoms with Gasteiger partial charge in [0.25, 0.3) is 0 Å². The van der Waals surface area contributed by atoms with Gasteiger partial charge in [-0.15, -0.1) is 11.3 Å². The molecule has 49 heavy (non-hydrogen) atoms. The number of rotatable bonds is 4. The molecule has 4 heteroatoms. The van der Waals surface area contributed by atoms with Crippen LogP contribution in [0.15, 0.2) is 164 Å². The molecule has 2 aromatic heterocycles. The Hall–Kier alpha value is -6.23. The highest BCUT2D eigenvalue weighted by Crippen LogP contribution is 2.46. The lowest BCUT2D eigenvalue weighted by molar-refractivity contribution is 1.07. The van der Waals surface area contributed by atoms with Crippen LogP contribution in [-0.2, 0) is 0 Å². The minimum atomic E-state index is 0.657. The molecule has 10 aromatic rings. The molecule has 0 atom stereocenters. The van der Waals surface area contributed by atoms with E-state index in [2.05, 4.69) is 103 Å². The third kappa shape index (κ3) is 4.53. The second-order valence-corrected chi connectivity index (χ2v) is 13.4. The number of hydrogen-bond acceptors (Lipinski definition) is 4. The molecule has 2 heterocycles. The zero-order valence-corrected chi connectivity index (χ0v) is 27.2. The summed E-state index contributed by atoms with van der Waals surface area (Å²) >= 11 is 1.90. The number of aromatic nitrogens is 3. The van der Waals surface area contributed by atoms with Crippen LogP contribution in [-0.4, -0.2) is 15.0 Å². The molecule has 0 aliphatic heterocycles. The molecule has 228 valence electrons. The van der Waals surface area contributed by atoms with Crippen molar-refractivity contribution in [3.05, 3.63) is 164 Å². The second-order valence-electron chi connectivity index (χ2n) is 12.4. The van der Waals surface area contributed by atoms with Gasteiger partial charge in [-0.2, -0.15) is 0 Å². The normalized spacial score (nSPS) is 11.7. The summed E-state index contributed by atoms with van der Waals surface area (Å²) in [5.74, 6) is 1.98. The molecule has 0 fully saturated rings. The Kier molecular flexibility index (Phi) is 6.36. The fourth-order valence-corrected chi connectivity index (χ4v) is 8.60. The first-order valence-electron chi connectivity index (χ1n) is 16.5. The summed E-state index contributed by atoms with van der Waals surface area (Å²) in [5.41, 5.74) is 5.28. The lowest BCUT2D eigenvalue weighted by atomic mass is 9.93. The molecule has 0 saturated carbocycles. The SMILES string of the molecule is c1ccc(-c2nc(-c3ccccc3)nc(-c3ccc(-c4cccc5c4sc4c5ccc5c6ccccc6c6ccccc6c54)cc3)n2)cc1. The maximum absolute atomic E-state index is 4.94.